The molecule has 0 spiro atoms. The van der Waals surface area contributed by atoms with E-state index in [2.05, 4.69) is 0 Å². The van der Waals surface area contributed by atoms with Crippen molar-refractivity contribution in [2.75, 3.05) is 4.90 Å². The van der Waals surface area contributed by atoms with Gasteiger partial charge in [0, 0.05) is 11.8 Å². The van der Waals surface area contributed by atoms with Crippen LogP contribution in [0.25, 0.3) is 0 Å². The lowest BCUT2D eigenvalue weighted by Crippen LogP contribution is -2.53. The Balaban J connectivity index is 1.56. The number of carbonyl (C=O) groups excluding carboxylic acids is 2. The smallest absolute Gasteiger partial charge is 0.416 e. The Kier molecular flexibility index (Phi) is 6.53. The first-order valence-electron chi connectivity index (χ1n) is 12.8. The Bertz CT molecular complexity index is 1330. The summed E-state index contributed by atoms with van der Waals surface area (Å²) in [5, 5.41) is 21.9. The van der Waals surface area contributed by atoms with Gasteiger partial charge in [0.05, 0.1) is 34.8 Å². The zero-order valence-electron chi connectivity index (χ0n) is 21.7. The fourth-order valence-corrected chi connectivity index (χ4v) is 6.65. The summed E-state index contributed by atoms with van der Waals surface area (Å²) in [6.45, 7) is 5.14. The van der Waals surface area contributed by atoms with E-state index in [1.54, 1.807) is 32.9 Å². The van der Waals surface area contributed by atoms with Gasteiger partial charge in [0.15, 0.2) is 5.79 Å². The van der Waals surface area contributed by atoms with Gasteiger partial charge in [-0.05, 0) is 80.1 Å². The molecule has 2 heterocycles. The van der Waals surface area contributed by atoms with Crippen LogP contribution in [0.2, 0.25) is 0 Å². The van der Waals surface area contributed by atoms with Crippen LogP contribution >= 0.6 is 0 Å². The molecule has 2 aromatic rings. The number of phenolic OH excluding ortho intramolecular Hbond substituents is 1. The SMILES string of the molecule is CC[C@H]1C[C@@H]2C(=O)N(c3cc(C(F)(F)F)cc(C(F)(F)F)c3)C(=O)[C@@H]2[C@@H]2C[C@@H](c3cc(C)c(O)c(C)c3)O[C@]12O. The molecule has 2 N–H and O–H groups in total. The van der Waals surface area contributed by atoms with Gasteiger partial charge in [0.2, 0.25) is 11.8 Å². The van der Waals surface area contributed by atoms with Gasteiger partial charge in [-0.2, -0.15) is 26.3 Å². The summed E-state index contributed by atoms with van der Waals surface area (Å²) in [5.74, 6) is -7.43. The number of nitrogens with zero attached hydrogens (tertiary/aromatic N) is 1. The van der Waals surface area contributed by atoms with Crippen molar-refractivity contribution < 1.29 is 50.9 Å². The number of fused-ring (bicyclic) bond motifs is 3. The van der Waals surface area contributed by atoms with Crippen LogP contribution in [-0.2, 0) is 26.7 Å². The molecule has 3 fully saturated rings. The fourth-order valence-electron chi connectivity index (χ4n) is 6.65. The monoisotopic (exact) mass is 571 g/mol. The van der Waals surface area contributed by atoms with E-state index in [9.17, 15) is 46.1 Å². The van der Waals surface area contributed by atoms with Crippen LogP contribution in [0, 0.1) is 37.5 Å². The molecule has 2 amide bonds. The van der Waals surface area contributed by atoms with Crippen molar-refractivity contribution in [3.8, 4) is 5.75 Å². The molecule has 6 atom stereocenters. The van der Waals surface area contributed by atoms with E-state index in [1.165, 1.54) is 0 Å². The molecule has 12 heteroatoms. The number of alkyl halides is 6. The maximum Gasteiger partial charge on any atom is 0.416 e. The van der Waals surface area contributed by atoms with Crippen molar-refractivity contribution in [1.82, 2.24) is 0 Å². The average Bonchev–Trinajstić information content (AvgIpc) is 3.34. The average molecular weight is 572 g/mol. The van der Waals surface area contributed by atoms with Crippen molar-refractivity contribution in [3.05, 3.63) is 58.1 Å². The highest BCUT2D eigenvalue weighted by atomic mass is 19.4. The van der Waals surface area contributed by atoms with Crippen LogP contribution < -0.4 is 4.90 Å². The molecule has 3 aliphatic rings. The molecule has 0 bridgehead atoms. The third-order valence-electron chi connectivity index (χ3n) is 8.57. The number of imide groups is 1. The molecular formula is C28H27F6NO5. The van der Waals surface area contributed by atoms with Crippen LogP contribution in [0.5, 0.6) is 5.75 Å². The molecule has 2 aromatic carbocycles. The number of amides is 2. The Labute approximate surface area is 225 Å². The molecule has 1 aliphatic carbocycles. The number of ether oxygens (including phenoxy) is 1. The standard InChI is InChI=1S/C28H27F6NO5/c1-4-15-10-19-22(20-11-21(40-26(15,20)39)14-5-12(2)23(36)13(3)6-14)25(38)35(24(19)37)18-8-16(27(29,30)31)7-17(9-18)28(32,33)34/h5-9,15,19-22,36,39H,4,10-11H2,1-3H3/t15-,19-,20-,21-,22-,26+/m0/s1. The third kappa shape index (κ3) is 4.36. The molecule has 2 aliphatic heterocycles. The number of aliphatic hydroxyl groups is 1. The minimum Gasteiger partial charge on any atom is -0.507 e. The van der Waals surface area contributed by atoms with E-state index in [4.69, 9.17) is 4.74 Å². The van der Waals surface area contributed by atoms with E-state index in [1.807, 2.05) is 0 Å². The first kappa shape index (κ1) is 28.4. The summed E-state index contributed by atoms with van der Waals surface area (Å²) in [7, 11) is 0. The van der Waals surface area contributed by atoms with Crippen molar-refractivity contribution >= 4 is 17.5 Å². The molecule has 0 unspecified atom stereocenters. The zero-order valence-corrected chi connectivity index (χ0v) is 21.7. The van der Waals surface area contributed by atoms with Gasteiger partial charge in [0.25, 0.3) is 0 Å². The van der Waals surface area contributed by atoms with Gasteiger partial charge in [0.1, 0.15) is 5.75 Å². The first-order chi connectivity index (χ1) is 18.5. The van der Waals surface area contributed by atoms with E-state index in [-0.39, 0.29) is 24.7 Å². The van der Waals surface area contributed by atoms with Crippen LogP contribution in [0.4, 0.5) is 32.0 Å². The molecule has 1 saturated carbocycles. The van der Waals surface area contributed by atoms with Gasteiger partial charge in [-0.15, -0.1) is 0 Å². The number of carbonyl (C=O) groups is 2. The highest BCUT2D eigenvalue weighted by Gasteiger charge is 2.66. The summed E-state index contributed by atoms with van der Waals surface area (Å²) in [6, 6.07) is 4.02. The number of aromatic hydroxyl groups is 1. The van der Waals surface area contributed by atoms with Crippen LogP contribution in [0.15, 0.2) is 30.3 Å². The number of phenols is 1. The molecule has 5 rings (SSSR count). The number of hydrogen-bond acceptors (Lipinski definition) is 5. The second kappa shape index (κ2) is 9.20. The van der Waals surface area contributed by atoms with Crippen LogP contribution in [0.1, 0.15) is 60.1 Å². The highest BCUT2D eigenvalue weighted by molar-refractivity contribution is 6.22. The predicted octanol–water partition coefficient (Wildman–Crippen LogP) is 6.05. The lowest BCUT2D eigenvalue weighted by molar-refractivity contribution is -0.269. The highest BCUT2D eigenvalue weighted by Crippen LogP contribution is 2.59. The fraction of sp³-hybridized carbons (Fsp3) is 0.500. The van der Waals surface area contributed by atoms with Crippen molar-refractivity contribution in [2.45, 2.75) is 64.3 Å². The second-order valence-electron chi connectivity index (χ2n) is 11.0. The number of rotatable bonds is 3. The minimum absolute atomic E-state index is 0.0271. The zero-order chi connectivity index (χ0) is 29.5. The number of halogens is 6. The topological polar surface area (TPSA) is 87.1 Å². The van der Waals surface area contributed by atoms with Crippen LogP contribution in [-0.4, -0.2) is 27.8 Å². The molecular weight excluding hydrogens is 544 g/mol. The van der Waals surface area contributed by atoms with E-state index >= 15 is 0 Å². The van der Waals surface area contributed by atoms with Crippen molar-refractivity contribution in [3.63, 3.8) is 0 Å². The Hall–Kier alpha value is -3.12. The van der Waals surface area contributed by atoms with Crippen molar-refractivity contribution in [1.29, 1.82) is 0 Å². The summed E-state index contributed by atoms with van der Waals surface area (Å²) >= 11 is 0. The summed E-state index contributed by atoms with van der Waals surface area (Å²) < 4.78 is 87.2. The summed E-state index contributed by atoms with van der Waals surface area (Å²) in [4.78, 5) is 27.6. The lowest BCUT2D eigenvalue weighted by atomic mass is 9.64. The lowest BCUT2D eigenvalue weighted by Gasteiger charge is -2.44. The van der Waals surface area contributed by atoms with E-state index in [0.29, 0.717) is 40.1 Å². The Morgan fingerprint density at radius 1 is 0.925 bits per heavy atom. The van der Waals surface area contributed by atoms with Gasteiger partial charge >= 0.3 is 12.4 Å². The largest absolute Gasteiger partial charge is 0.507 e. The Morgan fingerprint density at radius 3 is 1.98 bits per heavy atom. The van der Waals surface area contributed by atoms with Gasteiger partial charge in [-0.3, -0.25) is 14.5 Å². The van der Waals surface area contributed by atoms with Gasteiger partial charge < -0.3 is 14.9 Å². The summed E-state index contributed by atoms with van der Waals surface area (Å²) in [5.41, 5.74) is -2.34. The minimum atomic E-state index is -5.16. The predicted molar refractivity (Wildman–Crippen MR) is 129 cm³/mol. The summed E-state index contributed by atoms with van der Waals surface area (Å²) in [6.07, 6.45) is -10.6. The maximum atomic E-state index is 13.7. The number of hydrogen-bond donors (Lipinski definition) is 2. The molecule has 216 valence electrons. The van der Waals surface area contributed by atoms with Crippen LogP contribution in [0.3, 0.4) is 0 Å². The van der Waals surface area contributed by atoms with Crippen molar-refractivity contribution in [2.24, 2.45) is 23.7 Å². The molecule has 40 heavy (non-hydrogen) atoms. The third-order valence-corrected chi connectivity index (χ3v) is 8.57. The molecule has 0 radical (unpaired) electrons. The molecule has 6 nitrogen and oxygen atoms in total. The number of aryl methyl sites for hydroxylation is 2. The normalized spacial score (nSPS) is 30.6. The quantitative estimate of drug-likeness (QED) is 0.346. The maximum absolute atomic E-state index is 13.7. The molecule has 0 aromatic heterocycles. The van der Waals surface area contributed by atoms with E-state index in [0.717, 1.165) is 0 Å². The first-order valence-corrected chi connectivity index (χ1v) is 12.8. The van der Waals surface area contributed by atoms with Gasteiger partial charge in [-0.25, -0.2) is 0 Å². The molecule has 2 saturated heterocycles. The number of anilines is 1. The Morgan fingerprint density at radius 2 is 1.48 bits per heavy atom. The van der Waals surface area contributed by atoms with Gasteiger partial charge in [-0.1, -0.05) is 6.92 Å². The number of benzene rings is 2. The second-order valence-corrected chi connectivity index (χ2v) is 11.0. The van der Waals surface area contributed by atoms with E-state index < -0.39 is 76.5 Å².